The van der Waals surface area contributed by atoms with Crippen LogP contribution in [-0.2, 0) is 9.59 Å². The highest BCUT2D eigenvalue weighted by molar-refractivity contribution is 9.11. The van der Waals surface area contributed by atoms with Gasteiger partial charge in [0.25, 0.3) is 11.8 Å². The van der Waals surface area contributed by atoms with E-state index in [0.717, 1.165) is 19.7 Å². The Morgan fingerprint density at radius 3 is 2.57 bits per heavy atom. The summed E-state index contributed by atoms with van der Waals surface area (Å²) in [5.41, 5.74) is 4.61. The molecule has 156 valence electrons. The third kappa shape index (κ3) is 5.65. The van der Waals surface area contributed by atoms with Crippen LogP contribution < -0.4 is 20.3 Å². The van der Waals surface area contributed by atoms with Gasteiger partial charge in [0.2, 0.25) is 0 Å². The fourth-order valence-electron chi connectivity index (χ4n) is 2.55. The van der Waals surface area contributed by atoms with Gasteiger partial charge in [0.15, 0.2) is 12.7 Å². The van der Waals surface area contributed by atoms with Gasteiger partial charge in [-0.05, 0) is 64.0 Å². The monoisotopic (exact) mass is 554 g/mol. The van der Waals surface area contributed by atoms with Crippen molar-refractivity contribution in [1.82, 2.24) is 10.9 Å². The number of carbonyl (C=O) groups excluding carboxylic acids is 2. The first-order valence-corrected chi connectivity index (χ1v) is 10.8. The number of hydrazine groups is 1. The van der Waals surface area contributed by atoms with Gasteiger partial charge in [0.1, 0.15) is 11.5 Å². The lowest BCUT2D eigenvalue weighted by atomic mass is 10.1. The molecule has 0 bridgehead atoms. The number of amides is 2. The topological polar surface area (TPSA) is 76.7 Å². The Labute approximate surface area is 195 Å². The van der Waals surface area contributed by atoms with Crippen LogP contribution in [0.4, 0.5) is 0 Å². The molecular weight excluding hydrogens is 540 g/mol. The Kier molecular flexibility index (Phi) is 7.58. The minimum atomic E-state index is -0.861. The zero-order valence-electron chi connectivity index (χ0n) is 15.7. The molecule has 0 fully saturated rings. The van der Waals surface area contributed by atoms with Crippen LogP contribution in [0, 0.1) is 0 Å². The smallest absolute Gasteiger partial charge is 0.279 e. The summed E-state index contributed by atoms with van der Waals surface area (Å²) >= 11 is 13.0. The van der Waals surface area contributed by atoms with Crippen molar-refractivity contribution in [2.75, 3.05) is 6.61 Å². The number of rotatable bonds is 6. The summed E-state index contributed by atoms with van der Waals surface area (Å²) in [6.45, 7) is 1.27. The molecule has 0 saturated carbocycles. The normalized spacial score (nSPS) is 11.6. The van der Waals surface area contributed by atoms with E-state index in [4.69, 9.17) is 21.1 Å². The van der Waals surface area contributed by atoms with Crippen LogP contribution in [0.2, 0.25) is 5.02 Å². The van der Waals surface area contributed by atoms with Crippen LogP contribution in [0.1, 0.15) is 6.92 Å². The van der Waals surface area contributed by atoms with Gasteiger partial charge in [0.05, 0.1) is 9.50 Å². The quantitative estimate of drug-likeness (QED) is 0.419. The third-order valence-corrected chi connectivity index (χ3v) is 5.70. The van der Waals surface area contributed by atoms with Gasteiger partial charge in [-0.15, -0.1) is 0 Å². The number of ether oxygens (including phenoxy) is 2. The summed E-state index contributed by atoms with van der Waals surface area (Å²) in [7, 11) is 0. The molecule has 1 unspecified atom stereocenters. The van der Waals surface area contributed by atoms with E-state index in [1.807, 2.05) is 24.3 Å². The second kappa shape index (κ2) is 10.1. The summed E-state index contributed by atoms with van der Waals surface area (Å²) in [6.07, 6.45) is -0.861. The highest BCUT2D eigenvalue weighted by Crippen LogP contribution is 2.34. The van der Waals surface area contributed by atoms with E-state index in [1.165, 1.54) is 0 Å². The van der Waals surface area contributed by atoms with Crippen molar-refractivity contribution in [1.29, 1.82) is 0 Å². The molecule has 9 heteroatoms. The first kappa shape index (κ1) is 22.4. The zero-order valence-corrected chi connectivity index (χ0v) is 19.7. The first-order valence-electron chi connectivity index (χ1n) is 8.85. The van der Waals surface area contributed by atoms with Crippen LogP contribution in [-0.4, -0.2) is 24.5 Å². The van der Waals surface area contributed by atoms with Gasteiger partial charge in [-0.1, -0.05) is 51.8 Å². The first-order chi connectivity index (χ1) is 14.3. The predicted octanol–water partition coefficient (Wildman–Crippen LogP) is 5.01. The Bertz CT molecular complexity index is 1090. The summed E-state index contributed by atoms with van der Waals surface area (Å²) < 4.78 is 12.8. The second-order valence-electron chi connectivity index (χ2n) is 6.26. The van der Waals surface area contributed by atoms with Crippen LogP contribution in [0.3, 0.4) is 0 Å². The minimum Gasteiger partial charge on any atom is -0.483 e. The van der Waals surface area contributed by atoms with Gasteiger partial charge in [0, 0.05) is 4.47 Å². The van der Waals surface area contributed by atoms with Crippen molar-refractivity contribution in [3.8, 4) is 11.5 Å². The summed E-state index contributed by atoms with van der Waals surface area (Å²) in [5.74, 6) is -0.150. The number of nitrogens with one attached hydrogen (secondary N) is 2. The molecule has 6 nitrogen and oxygen atoms in total. The van der Waals surface area contributed by atoms with E-state index in [1.54, 1.807) is 37.3 Å². The molecule has 1 atom stereocenters. The summed E-state index contributed by atoms with van der Waals surface area (Å²) in [6, 6.07) is 16.3. The minimum absolute atomic E-state index is 0.277. The number of carbonyl (C=O) groups is 2. The Morgan fingerprint density at radius 1 is 1.03 bits per heavy atom. The van der Waals surface area contributed by atoms with Crippen LogP contribution in [0.25, 0.3) is 10.8 Å². The van der Waals surface area contributed by atoms with E-state index < -0.39 is 17.9 Å². The number of hydrogen-bond acceptors (Lipinski definition) is 4. The summed E-state index contributed by atoms with van der Waals surface area (Å²) in [5, 5.41) is 2.37. The average Bonchev–Trinajstić information content (AvgIpc) is 2.73. The average molecular weight is 557 g/mol. The largest absolute Gasteiger partial charge is 0.483 e. The molecule has 30 heavy (non-hydrogen) atoms. The number of para-hydroxylation sites is 1. The second-order valence-corrected chi connectivity index (χ2v) is 8.38. The molecule has 2 amide bonds. The van der Waals surface area contributed by atoms with Crippen molar-refractivity contribution in [2.45, 2.75) is 13.0 Å². The van der Waals surface area contributed by atoms with E-state index >= 15 is 0 Å². The van der Waals surface area contributed by atoms with Gasteiger partial charge >= 0.3 is 0 Å². The molecule has 0 heterocycles. The number of hydrogen-bond donors (Lipinski definition) is 2. The lowest BCUT2D eigenvalue weighted by molar-refractivity contribution is -0.133. The lowest BCUT2D eigenvalue weighted by Crippen LogP contribution is -2.48. The van der Waals surface area contributed by atoms with Crippen molar-refractivity contribution in [3.63, 3.8) is 0 Å². The third-order valence-electron chi connectivity index (χ3n) is 4.07. The van der Waals surface area contributed by atoms with Crippen LogP contribution in [0.15, 0.2) is 63.5 Å². The maximum Gasteiger partial charge on any atom is 0.279 e. The molecule has 2 N–H and O–H groups in total. The molecule has 3 aromatic carbocycles. The number of halogens is 3. The maximum absolute atomic E-state index is 12.1. The van der Waals surface area contributed by atoms with Crippen LogP contribution in [0.5, 0.6) is 11.5 Å². The number of fused-ring (bicyclic) bond motifs is 1. The molecule has 0 aromatic heterocycles. The van der Waals surface area contributed by atoms with Crippen molar-refractivity contribution < 1.29 is 19.1 Å². The molecule has 3 rings (SSSR count). The fraction of sp³-hybridized carbons (Fsp3) is 0.143. The highest BCUT2D eigenvalue weighted by atomic mass is 79.9. The Morgan fingerprint density at radius 2 is 1.80 bits per heavy atom. The SMILES string of the molecule is CC(Oc1ccccc1Cl)C(=O)NNC(=O)COc1ccc2cc(Br)ccc2c1Br. The standard InChI is InChI=1S/C21H17Br2ClN2O4/c1-12(30-17-5-3-2-4-16(17)24)21(28)26-25-19(27)11-29-18-9-6-13-10-14(22)7-8-15(13)20(18)23/h2-10,12H,11H2,1H3,(H,25,27)(H,26,28). The van der Waals surface area contributed by atoms with Crippen molar-refractivity contribution in [2.24, 2.45) is 0 Å². The van der Waals surface area contributed by atoms with Gasteiger partial charge in [-0.25, -0.2) is 0 Å². The molecule has 0 radical (unpaired) electrons. The Hall–Kier alpha value is -2.29. The van der Waals surface area contributed by atoms with Gasteiger partial charge in [-0.3, -0.25) is 20.4 Å². The highest BCUT2D eigenvalue weighted by Gasteiger charge is 2.17. The van der Waals surface area contributed by atoms with E-state index in [-0.39, 0.29) is 6.61 Å². The summed E-state index contributed by atoms with van der Waals surface area (Å²) in [4.78, 5) is 24.2. The van der Waals surface area contributed by atoms with Crippen molar-refractivity contribution in [3.05, 3.63) is 68.6 Å². The fourth-order valence-corrected chi connectivity index (χ4v) is 3.72. The molecular formula is C21H17Br2ClN2O4. The number of benzene rings is 3. The molecule has 0 aliphatic carbocycles. The lowest BCUT2D eigenvalue weighted by Gasteiger charge is -2.16. The van der Waals surface area contributed by atoms with Crippen LogP contribution >= 0.6 is 43.5 Å². The molecule has 0 aliphatic heterocycles. The maximum atomic E-state index is 12.1. The van der Waals surface area contributed by atoms with Crippen molar-refractivity contribution >= 4 is 66.0 Å². The molecule has 3 aromatic rings. The zero-order chi connectivity index (χ0) is 21.7. The van der Waals surface area contributed by atoms with E-state index in [0.29, 0.717) is 16.5 Å². The van der Waals surface area contributed by atoms with Gasteiger partial charge < -0.3 is 9.47 Å². The molecule has 0 aliphatic rings. The van der Waals surface area contributed by atoms with E-state index in [9.17, 15) is 9.59 Å². The molecule has 0 saturated heterocycles. The van der Waals surface area contributed by atoms with Gasteiger partial charge in [-0.2, -0.15) is 0 Å². The van der Waals surface area contributed by atoms with E-state index in [2.05, 4.69) is 42.7 Å². The predicted molar refractivity (Wildman–Crippen MR) is 123 cm³/mol. The Balaban J connectivity index is 1.50. The molecule has 0 spiro atoms.